The molecule has 3 rings (SSSR count). The van der Waals surface area contributed by atoms with Crippen molar-refractivity contribution in [1.82, 2.24) is 14.8 Å². The lowest BCUT2D eigenvalue weighted by Gasteiger charge is -2.22. The van der Waals surface area contributed by atoms with Gasteiger partial charge in [0.2, 0.25) is 0 Å². The van der Waals surface area contributed by atoms with E-state index in [1.54, 1.807) is 6.20 Å². The third-order valence-corrected chi connectivity index (χ3v) is 2.99. The molecule has 1 saturated heterocycles. The molecule has 0 aromatic carbocycles. The predicted octanol–water partition coefficient (Wildman–Crippen LogP) is 1.36. The molecule has 2 aromatic heterocycles. The van der Waals surface area contributed by atoms with Gasteiger partial charge in [0.1, 0.15) is 0 Å². The minimum absolute atomic E-state index is 0.405. The second-order valence-corrected chi connectivity index (χ2v) is 4.11. The molecule has 0 aliphatic carbocycles. The van der Waals surface area contributed by atoms with Gasteiger partial charge in [0, 0.05) is 18.6 Å². The normalized spacial score (nSPS) is 18.0. The van der Waals surface area contributed by atoms with Crippen molar-refractivity contribution in [2.24, 2.45) is 0 Å². The molecule has 1 aliphatic heterocycles. The second kappa shape index (κ2) is 3.75. The lowest BCUT2D eigenvalue weighted by Crippen LogP contribution is -2.20. The van der Waals surface area contributed by atoms with Gasteiger partial charge in [-0.1, -0.05) is 0 Å². The molecular weight excluding hydrogens is 204 g/mol. The number of hydrogen-bond acceptors (Lipinski definition) is 4. The third kappa shape index (κ3) is 1.53. The SMILES string of the molecule is Nc1cnc2c(cnn2C2CCOCC2)c1. The molecule has 1 fully saturated rings. The van der Waals surface area contributed by atoms with Crippen molar-refractivity contribution in [3.8, 4) is 0 Å². The van der Waals surface area contributed by atoms with Gasteiger partial charge in [-0.15, -0.1) is 0 Å². The molecule has 2 N–H and O–H groups in total. The maximum atomic E-state index is 5.69. The van der Waals surface area contributed by atoms with Crippen molar-refractivity contribution in [3.05, 3.63) is 18.5 Å². The molecule has 0 spiro atoms. The summed E-state index contributed by atoms with van der Waals surface area (Å²) in [6.45, 7) is 1.61. The van der Waals surface area contributed by atoms with Gasteiger partial charge in [-0.3, -0.25) is 0 Å². The molecule has 0 saturated carbocycles. The van der Waals surface area contributed by atoms with Crippen LogP contribution in [0.15, 0.2) is 18.5 Å². The van der Waals surface area contributed by atoms with Crippen LogP contribution in [0.4, 0.5) is 5.69 Å². The van der Waals surface area contributed by atoms with Crippen LogP contribution in [0, 0.1) is 0 Å². The summed E-state index contributed by atoms with van der Waals surface area (Å²) in [5, 5.41) is 5.41. The van der Waals surface area contributed by atoms with E-state index in [0.717, 1.165) is 37.1 Å². The van der Waals surface area contributed by atoms with E-state index in [9.17, 15) is 0 Å². The fourth-order valence-corrected chi connectivity index (χ4v) is 2.15. The van der Waals surface area contributed by atoms with Gasteiger partial charge < -0.3 is 10.5 Å². The number of anilines is 1. The quantitative estimate of drug-likeness (QED) is 0.785. The zero-order chi connectivity index (χ0) is 11.0. The van der Waals surface area contributed by atoms with Gasteiger partial charge in [-0.25, -0.2) is 9.67 Å². The molecule has 0 atom stereocenters. The Kier molecular flexibility index (Phi) is 2.25. The molecule has 84 valence electrons. The van der Waals surface area contributed by atoms with Crippen LogP contribution < -0.4 is 5.73 Å². The number of fused-ring (bicyclic) bond motifs is 1. The largest absolute Gasteiger partial charge is 0.397 e. The van der Waals surface area contributed by atoms with Crippen molar-refractivity contribution in [2.45, 2.75) is 18.9 Å². The molecule has 0 unspecified atom stereocenters. The molecule has 3 heterocycles. The monoisotopic (exact) mass is 218 g/mol. The zero-order valence-electron chi connectivity index (χ0n) is 8.97. The van der Waals surface area contributed by atoms with E-state index < -0.39 is 0 Å². The van der Waals surface area contributed by atoms with Crippen LogP contribution >= 0.6 is 0 Å². The standard InChI is InChI=1S/C11H14N4O/c12-9-5-8-6-14-15(11(8)13-7-9)10-1-3-16-4-2-10/h5-7,10H,1-4,12H2. The fourth-order valence-electron chi connectivity index (χ4n) is 2.15. The van der Waals surface area contributed by atoms with E-state index in [4.69, 9.17) is 10.5 Å². The summed E-state index contributed by atoms with van der Waals surface area (Å²) in [4.78, 5) is 4.35. The summed E-state index contributed by atoms with van der Waals surface area (Å²) in [7, 11) is 0. The van der Waals surface area contributed by atoms with Crippen molar-refractivity contribution in [2.75, 3.05) is 18.9 Å². The van der Waals surface area contributed by atoms with Crippen LogP contribution in [0.1, 0.15) is 18.9 Å². The van der Waals surface area contributed by atoms with Crippen molar-refractivity contribution in [3.63, 3.8) is 0 Å². The number of aromatic nitrogens is 3. The summed E-state index contributed by atoms with van der Waals surface area (Å²) < 4.78 is 7.34. The van der Waals surface area contributed by atoms with E-state index in [1.807, 2.05) is 16.9 Å². The topological polar surface area (TPSA) is 66.0 Å². The summed E-state index contributed by atoms with van der Waals surface area (Å²) >= 11 is 0. The lowest BCUT2D eigenvalue weighted by atomic mass is 10.1. The van der Waals surface area contributed by atoms with Gasteiger partial charge in [0.05, 0.1) is 24.1 Å². The Labute approximate surface area is 93.2 Å². The maximum Gasteiger partial charge on any atom is 0.158 e. The molecule has 0 radical (unpaired) electrons. The molecule has 0 bridgehead atoms. The predicted molar refractivity (Wildman–Crippen MR) is 61.0 cm³/mol. The van der Waals surface area contributed by atoms with E-state index >= 15 is 0 Å². The number of nitrogens with two attached hydrogens (primary N) is 1. The molecule has 5 nitrogen and oxygen atoms in total. The lowest BCUT2D eigenvalue weighted by molar-refractivity contribution is 0.0673. The van der Waals surface area contributed by atoms with E-state index in [1.165, 1.54) is 0 Å². The minimum Gasteiger partial charge on any atom is -0.397 e. The average molecular weight is 218 g/mol. The highest BCUT2D eigenvalue weighted by Gasteiger charge is 2.18. The first-order valence-corrected chi connectivity index (χ1v) is 5.51. The Morgan fingerprint density at radius 3 is 2.94 bits per heavy atom. The molecular formula is C11H14N4O. The van der Waals surface area contributed by atoms with E-state index in [-0.39, 0.29) is 0 Å². The average Bonchev–Trinajstić information content (AvgIpc) is 2.73. The molecule has 2 aromatic rings. The Morgan fingerprint density at radius 2 is 2.12 bits per heavy atom. The van der Waals surface area contributed by atoms with Crippen molar-refractivity contribution in [1.29, 1.82) is 0 Å². The van der Waals surface area contributed by atoms with E-state index in [2.05, 4.69) is 10.1 Å². The smallest absolute Gasteiger partial charge is 0.158 e. The molecule has 0 amide bonds. The van der Waals surface area contributed by atoms with Crippen molar-refractivity contribution < 1.29 is 4.74 Å². The van der Waals surface area contributed by atoms with Gasteiger partial charge in [0.25, 0.3) is 0 Å². The number of rotatable bonds is 1. The highest BCUT2D eigenvalue weighted by atomic mass is 16.5. The van der Waals surface area contributed by atoms with Crippen molar-refractivity contribution >= 4 is 16.7 Å². The van der Waals surface area contributed by atoms with Crippen LogP contribution in [0.3, 0.4) is 0 Å². The van der Waals surface area contributed by atoms with Crippen LogP contribution in [0.5, 0.6) is 0 Å². The minimum atomic E-state index is 0.405. The molecule has 16 heavy (non-hydrogen) atoms. The molecule has 1 aliphatic rings. The van der Waals surface area contributed by atoms with Gasteiger partial charge in [-0.05, 0) is 18.9 Å². The Morgan fingerprint density at radius 1 is 1.31 bits per heavy atom. The molecule has 5 heteroatoms. The number of ether oxygens (including phenoxy) is 1. The third-order valence-electron chi connectivity index (χ3n) is 2.99. The highest BCUT2D eigenvalue weighted by molar-refractivity contribution is 5.77. The zero-order valence-corrected chi connectivity index (χ0v) is 8.97. The number of nitrogen functional groups attached to an aromatic ring is 1. The van der Waals surface area contributed by atoms with Gasteiger partial charge in [0.15, 0.2) is 5.65 Å². The van der Waals surface area contributed by atoms with Crippen LogP contribution in [-0.2, 0) is 4.74 Å². The van der Waals surface area contributed by atoms with Gasteiger partial charge in [-0.2, -0.15) is 5.10 Å². The van der Waals surface area contributed by atoms with E-state index in [0.29, 0.717) is 11.7 Å². The Balaban J connectivity index is 2.03. The first-order chi connectivity index (χ1) is 7.84. The number of hydrogen-bond donors (Lipinski definition) is 1. The number of nitrogens with zero attached hydrogens (tertiary/aromatic N) is 3. The first-order valence-electron chi connectivity index (χ1n) is 5.51. The van der Waals surface area contributed by atoms with Gasteiger partial charge >= 0.3 is 0 Å². The first kappa shape index (κ1) is 9.59. The van der Waals surface area contributed by atoms with Crippen LogP contribution in [0.25, 0.3) is 11.0 Å². The summed E-state index contributed by atoms with van der Waals surface area (Å²) in [5.41, 5.74) is 7.29. The Hall–Kier alpha value is -1.62. The summed E-state index contributed by atoms with van der Waals surface area (Å²) in [6, 6.07) is 2.31. The summed E-state index contributed by atoms with van der Waals surface area (Å²) in [6.07, 6.45) is 5.51. The highest BCUT2D eigenvalue weighted by Crippen LogP contribution is 2.24. The number of pyridine rings is 1. The maximum absolute atomic E-state index is 5.69. The van der Waals surface area contributed by atoms with Crippen LogP contribution in [0.2, 0.25) is 0 Å². The summed E-state index contributed by atoms with van der Waals surface area (Å²) in [5.74, 6) is 0. The second-order valence-electron chi connectivity index (χ2n) is 4.11. The fraction of sp³-hybridized carbons (Fsp3) is 0.455. The van der Waals surface area contributed by atoms with Crippen LogP contribution in [-0.4, -0.2) is 28.0 Å². The Bertz CT molecular complexity index is 502.